The Hall–Kier alpha value is -1.47. The molecule has 0 aromatic carbocycles. The summed E-state index contributed by atoms with van der Waals surface area (Å²) in [5.41, 5.74) is 5.01. The smallest absolute Gasteiger partial charge is 0.246 e. The second-order valence-electron chi connectivity index (χ2n) is 4.40. The maximum atomic E-state index is 12.2. The van der Waals surface area contributed by atoms with Crippen molar-refractivity contribution in [2.75, 3.05) is 26.3 Å². The van der Waals surface area contributed by atoms with E-state index in [1.54, 1.807) is 0 Å². The number of hydrogen-bond donors (Lipinski definition) is 2. The van der Waals surface area contributed by atoms with E-state index in [0.29, 0.717) is 26.1 Å². The van der Waals surface area contributed by atoms with Crippen LogP contribution in [0.3, 0.4) is 0 Å². The van der Waals surface area contributed by atoms with E-state index in [4.69, 9.17) is 10.5 Å². The Kier molecular flexibility index (Phi) is 3.12. The largest absolute Gasteiger partial charge is 0.381 e. The number of ether oxygens (including phenoxy) is 1. The highest BCUT2D eigenvalue weighted by atomic mass is 16.5. The average Bonchev–Trinajstić information content (AvgIpc) is 2.27. The van der Waals surface area contributed by atoms with Gasteiger partial charge in [-0.15, -0.1) is 0 Å². The van der Waals surface area contributed by atoms with Gasteiger partial charge in [-0.2, -0.15) is 0 Å². The molecule has 2 fully saturated rings. The molecule has 94 valence electrons. The third-order valence-electron chi connectivity index (χ3n) is 3.05. The summed E-state index contributed by atoms with van der Waals surface area (Å²) in [5, 5.41) is 2.14. The predicted molar refractivity (Wildman–Crippen MR) is 56.7 cm³/mol. The van der Waals surface area contributed by atoms with Crippen LogP contribution in [0.15, 0.2) is 0 Å². The van der Waals surface area contributed by atoms with Crippen LogP contribution >= 0.6 is 0 Å². The molecule has 17 heavy (non-hydrogen) atoms. The number of rotatable bonds is 1. The number of nitrogens with zero attached hydrogens (tertiary/aromatic N) is 1. The number of nitrogens with two attached hydrogens (primary N) is 1. The van der Waals surface area contributed by atoms with Gasteiger partial charge < -0.3 is 15.4 Å². The van der Waals surface area contributed by atoms with E-state index in [0.717, 1.165) is 0 Å². The average molecular weight is 241 g/mol. The van der Waals surface area contributed by atoms with E-state index in [2.05, 4.69) is 5.32 Å². The monoisotopic (exact) mass is 241 g/mol. The number of piperazine rings is 1. The van der Waals surface area contributed by atoms with Crippen molar-refractivity contribution < 1.29 is 19.1 Å². The lowest BCUT2D eigenvalue weighted by atomic mass is 9.89. The maximum Gasteiger partial charge on any atom is 0.246 e. The summed E-state index contributed by atoms with van der Waals surface area (Å²) in [7, 11) is 0. The Morgan fingerprint density at radius 3 is 2.29 bits per heavy atom. The second-order valence-corrected chi connectivity index (χ2v) is 4.40. The molecule has 0 aliphatic carbocycles. The van der Waals surface area contributed by atoms with Crippen LogP contribution in [0.25, 0.3) is 0 Å². The Morgan fingerprint density at radius 1 is 1.24 bits per heavy atom. The van der Waals surface area contributed by atoms with Gasteiger partial charge in [-0.1, -0.05) is 0 Å². The van der Waals surface area contributed by atoms with Gasteiger partial charge in [-0.05, 0) is 12.8 Å². The molecule has 0 saturated carbocycles. The molecule has 7 nitrogen and oxygen atoms in total. The van der Waals surface area contributed by atoms with Gasteiger partial charge in [0.1, 0.15) is 13.1 Å². The number of hydrogen-bond acceptors (Lipinski definition) is 5. The fourth-order valence-corrected chi connectivity index (χ4v) is 2.05. The summed E-state index contributed by atoms with van der Waals surface area (Å²) in [6, 6.07) is 0. The molecule has 2 aliphatic heterocycles. The molecule has 3 amide bonds. The van der Waals surface area contributed by atoms with Gasteiger partial charge in [0, 0.05) is 13.2 Å². The second kappa shape index (κ2) is 4.42. The van der Waals surface area contributed by atoms with Gasteiger partial charge in [0.25, 0.3) is 0 Å². The number of carbonyl (C=O) groups excluding carboxylic acids is 3. The molecule has 0 radical (unpaired) electrons. The van der Waals surface area contributed by atoms with Gasteiger partial charge >= 0.3 is 0 Å². The zero-order valence-corrected chi connectivity index (χ0v) is 9.40. The van der Waals surface area contributed by atoms with Crippen molar-refractivity contribution in [3.05, 3.63) is 0 Å². The summed E-state index contributed by atoms with van der Waals surface area (Å²) >= 11 is 0. The van der Waals surface area contributed by atoms with E-state index in [-0.39, 0.29) is 19.0 Å². The van der Waals surface area contributed by atoms with Crippen molar-refractivity contribution in [2.24, 2.45) is 5.73 Å². The van der Waals surface area contributed by atoms with Gasteiger partial charge in [0.05, 0.1) is 5.54 Å². The highest BCUT2D eigenvalue weighted by Crippen LogP contribution is 2.20. The zero-order valence-electron chi connectivity index (χ0n) is 9.40. The van der Waals surface area contributed by atoms with Crippen LogP contribution in [-0.4, -0.2) is 54.5 Å². The predicted octanol–water partition coefficient (Wildman–Crippen LogP) is -2.02. The topological polar surface area (TPSA) is 102 Å². The number of nitrogens with one attached hydrogen (secondary N) is 1. The van der Waals surface area contributed by atoms with Gasteiger partial charge in [-0.25, -0.2) is 0 Å². The quantitative estimate of drug-likeness (QED) is 0.516. The molecule has 2 rings (SSSR count). The standard InChI is InChI=1S/C10H15N3O4/c11-10(1-3-17-4-2-10)9(16)13-5-7(14)12-8(15)6-13/h1-6,11H2,(H,12,14,15). The molecule has 2 heterocycles. The molecule has 2 saturated heterocycles. The molecular formula is C10H15N3O4. The Labute approximate surface area is 98.3 Å². The lowest BCUT2D eigenvalue weighted by Crippen LogP contribution is -2.63. The first-order chi connectivity index (χ1) is 8.01. The van der Waals surface area contributed by atoms with Crippen LogP contribution in [0.1, 0.15) is 12.8 Å². The van der Waals surface area contributed by atoms with Crippen molar-refractivity contribution >= 4 is 17.7 Å². The zero-order chi connectivity index (χ0) is 12.5. The SMILES string of the molecule is NC1(C(=O)N2CC(=O)NC(=O)C2)CCOCC1. The van der Waals surface area contributed by atoms with Crippen molar-refractivity contribution in [2.45, 2.75) is 18.4 Å². The molecule has 3 N–H and O–H groups in total. The van der Waals surface area contributed by atoms with E-state index >= 15 is 0 Å². The molecule has 2 aliphatic rings. The molecule has 0 aromatic heterocycles. The molecule has 0 unspecified atom stereocenters. The van der Waals surface area contributed by atoms with Crippen LogP contribution < -0.4 is 11.1 Å². The number of amides is 3. The number of imide groups is 1. The summed E-state index contributed by atoms with van der Waals surface area (Å²) in [6.45, 7) is 0.640. The third kappa shape index (κ3) is 2.45. The van der Waals surface area contributed by atoms with Crippen molar-refractivity contribution in [1.82, 2.24) is 10.2 Å². The van der Waals surface area contributed by atoms with E-state index in [1.807, 2.05) is 0 Å². The van der Waals surface area contributed by atoms with Crippen molar-refractivity contribution in [3.8, 4) is 0 Å². The normalized spacial score (nSPS) is 24.4. The van der Waals surface area contributed by atoms with Crippen LogP contribution in [0.5, 0.6) is 0 Å². The van der Waals surface area contributed by atoms with E-state index in [9.17, 15) is 14.4 Å². The van der Waals surface area contributed by atoms with Crippen molar-refractivity contribution in [1.29, 1.82) is 0 Å². The summed E-state index contributed by atoms with van der Waals surface area (Å²) in [5.74, 6) is -1.28. The number of carbonyl (C=O) groups is 3. The molecular weight excluding hydrogens is 226 g/mol. The van der Waals surface area contributed by atoms with Crippen LogP contribution in [0.4, 0.5) is 0 Å². The lowest BCUT2D eigenvalue weighted by Gasteiger charge is -2.37. The molecule has 7 heteroatoms. The fourth-order valence-electron chi connectivity index (χ4n) is 2.05. The lowest BCUT2D eigenvalue weighted by molar-refractivity contribution is -0.150. The molecule has 0 bridgehead atoms. The first kappa shape index (κ1) is 12.0. The Morgan fingerprint density at radius 2 is 1.76 bits per heavy atom. The minimum atomic E-state index is -1.00. The van der Waals surface area contributed by atoms with Gasteiger partial charge in [0.2, 0.25) is 17.7 Å². The third-order valence-corrected chi connectivity index (χ3v) is 3.05. The fraction of sp³-hybridized carbons (Fsp3) is 0.700. The van der Waals surface area contributed by atoms with Crippen LogP contribution in [-0.2, 0) is 19.1 Å². The van der Waals surface area contributed by atoms with E-state index in [1.165, 1.54) is 4.90 Å². The van der Waals surface area contributed by atoms with Gasteiger partial charge in [-0.3, -0.25) is 19.7 Å². The first-order valence-corrected chi connectivity index (χ1v) is 5.50. The van der Waals surface area contributed by atoms with Gasteiger partial charge in [0.15, 0.2) is 0 Å². The maximum absolute atomic E-state index is 12.2. The highest BCUT2D eigenvalue weighted by molar-refractivity contribution is 6.03. The minimum Gasteiger partial charge on any atom is -0.381 e. The van der Waals surface area contributed by atoms with E-state index < -0.39 is 17.4 Å². The van der Waals surface area contributed by atoms with Crippen molar-refractivity contribution in [3.63, 3.8) is 0 Å². The molecule has 0 aromatic rings. The Balaban J connectivity index is 2.08. The first-order valence-electron chi connectivity index (χ1n) is 5.50. The molecule has 0 spiro atoms. The summed E-state index contributed by atoms with van der Waals surface area (Å²) in [4.78, 5) is 35.8. The summed E-state index contributed by atoms with van der Waals surface area (Å²) < 4.78 is 5.15. The van der Waals surface area contributed by atoms with Crippen LogP contribution in [0.2, 0.25) is 0 Å². The van der Waals surface area contributed by atoms with Crippen LogP contribution in [0, 0.1) is 0 Å². The Bertz CT molecular complexity index is 347. The highest BCUT2D eigenvalue weighted by Gasteiger charge is 2.41. The molecule has 0 atom stereocenters. The summed E-state index contributed by atoms with van der Waals surface area (Å²) in [6.07, 6.45) is 0.830. The minimum absolute atomic E-state index is 0.107.